The van der Waals surface area contributed by atoms with Gasteiger partial charge < -0.3 is 29.6 Å². The summed E-state index contributed by atoms with van der Waals surface area (Å²) in [4.78, 5) is 12.6. The Morgan fingerprint density at radius 1 is 1.20 bits per heavy atom. The highest BCUT2D eigenvalue weighted by atomic mass is 32.1. The smallest absolute Gasteiger partial charge is 0.338 e. The fourth-order valence-electron chi connectivity index (χ4n) is 2.56. The molecule has 1 atom stereocenters. The summed E-state index contributed by atoms with van der Waals surface area (Å²) in [7, 11) is 4.69. The third-order valence-electron chi connectivity index (χ3n) is 3.76. The number of esters is 1. The average molecular weight is 366 g/mol. The van der Waals surface area contributed by atoms with Crippen molar-refractivity contribution in [3.05, 3.63) is 35.0 Å². The van der Waals surface area contributed by atoms with Crippen molar-refractivity contribution in [2.24, 2.45) is 0 Å². The molecule has 0 saturated heterocycles. The van der Waals surface area contributed by atoms with Crippen molar-refractivity contribution in [3.8, 4) is 11.5 Å². The maximum absolute atomic E-state index is 12.6. The van der Waals surface area contributed by atoms with Gasteiger partial charge in [0, 0.05) is 18.4 Å². The molecule has 0 amide bonds. The van der Waals surface area contributed by atoms with E-state index >= 15 is 0 Å². The van der Waals surface area contributed by atoms with Crippen molar-refractivity contribution in [3.63, 3.8) is 0 Å². The molecule has 2 N–H and O–H groups in total. The second kappa shape index (κ2) is 8.68. The summed E-state index contributed by atoms with van der Waals surface area (Å²) in [5.74, 6) is 0.803. The predicted molar refractivity (Wildman–Crippen MR) is 96.7 cm³/mol. The Labute approximate surface area is 152 Å². The van der Waals surface area contributed by atoms with Crippen LogP contribution in [0.15, 0.2) is 29.5 Å². The molecule has 0 bridgehead atoms. The largest absolute Gasteiger partial charge is 0.497 e. The van der Waals surface area contributed by atoms with Gasteiger partial charge in [0.05, 0.1) is 32.4 Å². The van der Waals surface area contributed by atoms with Crippen LogP contribution in [-0.4, -0.2) is 45.6 Å². The molecule has 1 aliphatic heterocycles. The molecule has 8 heteroatoms. The lowest BCUT2D eigenvalue weighted by molar-refractivity contribution is -0.140. The molecule has 0 saturated carbocycles. The number of methoxy groups -OCH3 is 3. The minimum atomic E-state index is -0.520. The van der Waals surface area contributed by atoms with E-state index in [4.69, 9.17) is 31.2 Å². The molecule has 0 fully saturated rings. The van der Waals surface area contributed by atoms with Crippen LogP contribution in [0, 0.1) is 0 Å². The first kappa shape index (κ1) is 19.0. The van der Waals surface area contributed by atoms with Gasteiger partial charge in [-0.3, -0.25) is 0 Å². The lowest BCUT2D eigenvalue weighted by Gasteiger charge is -2.30. The van der Waals surface area contributed by atoms with Crippen LogP contribution in [0.2, 0.25) is 0 Å². The topological polar surface area (TPSA) is 78.1 Å². The van der Waals surface area contributed by atoms with E-state index in [1.807, 2.05) is 0 Å². The van der Waals surface area contributed by atoms with E-state index in [-0.39, 0.29) is 6.61 Å². The number of nitrogens with one attached hydrogen (secondary N) is 2. The van der Waals surface area contributed by atoms with Gasteiger partial charge in [-0.25, -0.2) is 4.79 Å². The highest BCUT2D eigenvalue weighted by Crippen LogP contribution is 2.35. The molecule has 0 aliphatic carbocycles. The average Bonchev–Trinajstić information content (AvgIpc) is 2.60. The zero-order valence-electron chi connectivity index (χ0n) is 14.7. The Morgan fingerprint density at radius 3 is 2.60 bits per heavy atom. The van der Waals surface area contributed by atoms with Crippen LogP contribution in [0.5, 0.6) is 11.5 Å². The molecule has 0 aromatic heterocycles. The quantitative estimate of drug-likeness (QED) is 0.429. The van der Waals surface area contributed by atoms with E-state index in [9.17, 15) is 4.79 Å². The Morgan fingerprint density at radius 2 is 1.96 bits per heavy atom. The van der Waals surface area contributed by atoms with E-state index in [0.29, 0.717) is 34.5 Å². The number of thiocarbonyl (C=S) groups is 1. The molecule has 0 radical (unpaired) electrons. The lowest BCUT2D eigenvalue weighted by atomic mass is 9.94. The van der Waals surface area contributed by atoms with Crippen molar-refractivity contribution in [2.75, 3.05) is 34.5 Å². The maximum Gasteiger partial charge on any atom is 0.338 e. The van der Waals surface area contributed by atoms with E-state index in [2.05, 4.69) is 10.6 Å². The molecule has 7 nitrogen and oxygen atoms in total. The predicted octanol–water partition coefficient (Wildman–Crippen LogP) is 1.69. The monoisotopic (exact) mass is 366 g/mol. The molecular weight excluding hydrogens is 344 g/mol. The minimum absolute atomic E-state index is 0.165. The number of rotatable bonds is 7. The number of carbonyl (C=O) groups is 1. The summed E-state index contributed by atoms with van der Waals surface area (Å²) in [6.07, 6.45) is 0. The van der Waals surface area contributed by atoms with Gasteiger partial charge in [-0.15, -0.1) is 0 Å². The van der Waals surface area contributed by atoms with Crippen LogP contribution in [-0.2, 0) is 14.3 Å². The summed E-state index contributed by atoms with van der Waals surface area (Å²) in [6, 6.07) is 4.85. The molecule has 136 valence electrons. The zero-order chi connectivity index (χ0) is 18.4. The Balaban J connectivity index is 2.44. The molecule has 0 spiro atoms. The van der Waals surface area contributed by atoms with Crippen LogP contribution < -0.4 is 20.1 Å². The summed E-state index contributed by atoms with van der Waals surface area (Å²) in [6.45, 7) is 2.27. The highest BCUT2D eigenvalue weighted by Gasteiger charge is 2.33. The van der Waals surface area contributed by atoms with Gasteiger partial charge >= 0.3 is 5.97 Å². The van der Waals surface area contributed by atoms with Crippen molar-refractivity contribution in [1.29, 1.82) is 0 Å². The number of benzene rings is 1. The maximum atomic E-state index is 12.6. The van der Waals surface area contributed by atoms with E-state index in [1.54, 1.807) is 46.5 Å². The second-order valence-corrected chi connectivity index (χ2v) is 5.71. The van der Waals surface area contributed by atoms with Crippen LogP contribution >= 0.6 is 12.2 Å². The van der Waals surface area contributed by atoms with Crippen LogP contribution in [0.1, 0.15) is 18.5 Å². The molecule has 0 unspecified atom stereocenters. The number of hydrogen-bond acceptors (Lipinski definition) is 6. The first-order chi connectivity index (χ1) is 12.0. The summed E-state index contributed by atoms with van der Waals surface area (Å²) < 4.78 is 20.9. The molecule has 25 heavy (non-hydrogen) atoms. The lowest BCUT2D eigenvalue weighted by Crippen LogP contribution is -2.45. The normalized spacial score (nSPS) is 16.8. The van der Waals surface area contributed by atoms with E-state index < -0.39 is 12.0 Å². The summed E-state index contributed by atoms with van der Waals surface area (Å²) in [5, 5.41) is 6.49. The molecule has 1 heterocycles. The number of allylic oxidation sites excluding steroid dienone is 1. The first-order valence-corrected chi connectivity index (χ1v) is 8.09. The van der Waals surface area contributed by atoms with Gasteiger partial charge in [-0.05, 0) is 37.3 Å². The van der Waals surface area contributed by atoms with Crippen LogP contribution in [0.4, 0.5) is 0 Å². The fraction of sp³-hybridized carbons (Fsp3) is 0.412. The first-order valence-electron chi connectivity index (χ1n) is 7.68. The third kappa shape index (κ3) is 4.40. The third-order valence-corrected chi connectivity index (χ3v) is 3.98. The van der Waals surface area contributed by atoms with Crippen LogP contribution in [0.25, 0.3) is 0 Å². The molecule has 1 aromatic rings. The molecule has 1 aromatic carbocycles. The van der Waals surface area contributed by atoms with Crippen molar-refractivity contribution in [2.45, 2.75) is 13.0 Å². The Bertz CT molecular complexity index is 690. The number of ether oxygens (including phenoxy) is 4. The van der Waals surface area contributed by atoms with E-state index in [0.717, 1.165) is 5.56 Å². The fourth-order valence-corrected chi connectivity index (χ4v) is 2.83. The second-order valence-electron chi connectivity index (χ2n) is 5.31. The minimum Gasteiger partial charge on any atom is -0.497 e. The number of hydrogen-bond donors (Lipinski definition) is 2. The Kier molecular flexibility index (Phi) is 6.60. The Hall–Kier alpha value is -2.32. The molecule has 1 aliphatic rings. The van der Waals surface area contributed by atoms with Gasteiger partial charge in [-0.2, -0.15) is 0 Å². The highest BCUT2D eigenvalue weighted by molar-refractivity contribution is 7.80. The van der Waals surface area contributed by atoms with Gasteiger partial charge in [0.2, 0.25) is 0 Å². The van der Waals surface area contributed by atoms with Gasteiger partial charge in [0.15, 0.2) is 5.11 Å². The van der Waals surface area contributed by atoms with Gasteiger partial charge in [0.1, 0.15) is 18.1 Å². The van der Waals surface area contributed by atoms with Crippen molar-refractivity contribution < 1.29 is 23.7 Å². The standard InChI is InChI=1S/C17H22N2O5S/c1-10-14(16(20)24-8-7-21-2)15(19-17(25)18-10)12-9-11(22-3)5-6-13(12)23-4/h5-6,9,15H,7-8H2,1-4H3,(H2,18,19,25)/t15-/m0/s1. The molecule has 2 rings (SSSR count). The zero-order valence-corrected chi connectivity index (χ0v) is 15.5. The van der Waals surface area contributed by atoms with Crippen molar-refractivity contribution in [1.82, 2.24) is 10.6 Å². The number of carbonyl (C=O) groups excluding carboxylic acids is 1. The van der Waals surface area contributed by atoms with Gasteiger partial charge in [0.25, 0.3) is 0 Å². The molecular formula is C17H22N2O5S. The van der Waals surface area contributed by atoms with Crippen LogP contribution in [0.3, 0.4) is 0 Å². The van der Waals surface area contributed by atoms with E-state index in [1.165, 1.54) is 0 Å². The summed E-state index contributed by atoms with van der Waals surface area (Å²) in [5.41, 5.74) is 1.78. The van der Waals surface area contributed by atoms with Gasteiger partial charge in [-0.1, -0.05) is 0 Å². The summed E-state index contributed by atoms with van der Waals surface area (Å²) >= 11 is 5.25. The SMILES string of the molecule is COCCOC(=O)C1=C(C)NC(=S)N[C@H]1c1cc(OC)ccc1OC. The van der Waals surface area contributed by atoms with Crippen molar-refractivity contribution >= 4 is 23.3 Å².